The normalized spacial score (nSPS) is 11.7. The summed E-state index contributed by atoms with van der Waals surface area (Å²) in [5.74, 6) is 0.194. The second kappa shape index (κ2) is 13.7. The van der Waals surface area contributed by atoms with Crippen LogP contribution in [0.15, 0.2) is 84.9 Å². The lowest BCUT2D eigenvalue weighted by Gasteiger charge is -2.17. The van der Waals surface area contributed by atoms with E-state index in [-0.39, 0.29) is 24.9 Å². The van der Waals surface area contributed by atoms with Gasteiger partial charge in [0.15, 0.2) is 0 Å². The van der Waals surface area contributed by atoms with E-state index in [2.05, 4.69) is 43.4 Å². The summed E-state index contributed by atoms with van der Waals surface area (Å²) in [6.45, 7) is 4.74. The summed E-state index contributed by atoms with van der Waals surface area (Å²) in [4.78, 5) is 23.3. The molecule has 1 heterocycles. The highest BCUT2D eigenvalue weighted by Crippen LogP contribution is 2.37. The molecule has 0 aliphatic carbocycles. The Labute approximate surface area is 261 Å². The molecule has 0 unspecified atom stereocenters. The number of aromatic nitrogens is 2. The molecule has 9 heteroatoms. The standard InChI is InChI=1S/C35H34ClN3O5/c1-4-17-44-33-20-28(36)12-14-30(33)31-21-32(27-10-9-26-19-29(43-3)13-11-25(26)18-27)39(38-31)22(2)23-5-7-24(8-6-23)35(42)37-16-15-34(40)41/h5-14,18-22H,4,15-17H2,1-3H3,(H,37,42)(H,40,41)/t22-/m1/s1. The molecule has 226 valence electrons. The highest BCUT2D eigenvalue weighted by molar-refractivity contribution is 6.30. The van der Waals surface area contributed by atoms with E-state index in [1.807, 2.05) is 53.2 Å². The highest BCUT2D eigenvalue weighted by Gasteiger charge is 2.20. The van der Waals surface area contributed by atoms with E-state index in [1.165, 1.54) is 0 Å². The third-order valence-corrected chi connectivity index (χ3v) is 7.64. The van der Waals surface area contributed by atoms with Crippen LogP contribution in [-0.4, -0.2) is 47.0 Å². The van der Waals surface area contributed by atoms with Gasteiger partial charge in [0.25, 0.3) is 5.91 Å². The first-order valence-corrected chi connectivity index (χ1v) is 14.9. The van der Waals surface area contributed by atoms with E-state index in [0.717, 1.165) is 51.0 Å². The number of hydrogen-bond donors (Lipinski definition) is 2. The van der Waals surface area contributed by atoms with Crippen LogP contribution in [0.4, 0.5) is 0 Å². The summed E-state index contributed by atoms with van der Waals surface area (Å²) < 4.78 is 13.5. The van der Waals surface area contributed by atoms with Gasteiger partial charge in [-0.2, -0.15) is 5.10 Å². The molecule has 0 fully saturated rings. The Morgan fingerprint density at radius 1 is 0.977 bits per heavy atom. The van der Waals surface area contributed by atoms with Crippen LogP contribution in [0.3, 0.4) is 0 Å². The molecule has 0 radical (unpaired) electrons. The number of carbonyl (C=O) groups is 2. The molecule has 8 nitrogen and oxygen atoms in total. The lowest BCUT2D eigenvalue weighted by molar-refractivity contribution is -0.136. The van der Waals surface area contributed by atoms with Crippen LogP contribution in [0.1, 0.15) is 48.7 Å². The molecule has 5 rings (SSSR count). The molecular formula is C35H34ClN3O5. The minimum atomic E-state index is -0.961. The Morgan fingerprint density at radius 3 is 2.45 bits per heavy atom. The third-order valence-electron chi connectivity index (χ3n) is 7.41. The van der Waals surface area contributed by atoms with Crippen molar-refractivity contribution in [2.45, 2.75) is 32.7 Å². The number of rotatable bonds is 12. The Bertz CT molecular complexity index is 1800. The van der Waals surface area contributed by atoms with Crippen molar-refractivity contribution in [3.8, 4) is 34.0 Å². The van der Waals surface area contributed by atoms with Crippen LogP contribution >= 0.6 is 11.6 Å². The van der Waals surface area contributed by atoms with Crippen molar-refractivity contribution in [2.75, 3.05) is 20.3 Å². The predicted molar refractivity (Wildman–Crippen MR) is 173 cm³/mol. The number of methoxy groups -OCH3 is 1. The van der Waals surface area contributed by atoms with E-state index in [1.54, 1.807) is 19.2 Å². The first kappa shape index (κ1) is 30.6. The molecular weight excluding hydrogens is 578 g/mol. The molecule has 44 heavy (non-hydrogen) atoms. The van der Waals surface area contributed by atoms with Crippen LogP contribution in [0, 0.1) is 0 Å². The van der Waals surface area contributed by atoms with Gasteiger partial charge in [0.2, 0.25) is 0 Å². The lowest BCUT2D eigenvalue weighted by Crippen LogP contribution is -2.26. The fourth-order valence-corrected chi connectivity index (χ4v) is 5.19. The van der Waals surface area contributed by atoms with Crippen LogP contribution in [0.5, 0.6) is 11.5 Å². The van der Waals surface area contributed by atoms with Gasteiger partial charge in [-0.1, -0.05) is 48.9 Å². The van der Waals surface area contributed by atoms with E-state index in [9.17, 15) is 9.59 Å². The Balaban J connectivity index is 1.55. The van der Waals surface area contributed by atoms with E-state index in [0.29, 0.717) is 22.9 Å². The first-order valence-electron chi connectivity index (χ1n) is 14.5. The smallest absolute Gasteiger partial charge is 0.305 e. The molecule has 0 aliphatic rings. The minimum absolute atomic E-state index is 0.0684. The largest absolute Gasteiger partial charge is 0.497 e. The number of fused-ring (bicyclic) bond motifs is 1. The molecule has 0 spiro atoms. The zero-order chi connectivity index (χ0) is 31.2. The first-order chi connectivity index (χ1) is 21.3. The topological polar surface area (TPSA) is 103 Å². The Hall–Kier alpha value is -4.82. The molecule has 2 N–H and O–H groups in total. The maximum absolute atomic E-state index is 12.5. The quantitative estimate of drug-likeness (QED) is 0.150. The fraction of sp³-hybridized carbons (Fsp3) is 0.229. The molecule has 0 saturated carbocycles. The van der Waals surface area contributed by atoms with Gasteiger partial charge in [0.1, 0.15) is 11.5 Å². The van der Waals surface area contributed by atoms with E-state index < -0.39 is 5.97 Å². The lowest BCUT2D eigenvalue weighted by atomic mass is 10.0. The molecule has 1 atom stereocenters. The number of halogens is 1. The van der Waals surface area contributed by atoms with Crippen molar-refractivity contribution in [3.05, 3.63) is 101 Å². The number of aliphatic carboxylic acids is 1. The number of hydrogen-bond acceptors (Lipinski definition) is 5. The van der Waals surface area contributed by atoms with Crippen LogP contribution in [-0.2, 0) is 4.79 Å². The fourth-order valence-electron chi connectivity index (χ4n) is 5.03. The summed E-state index contributed by atoms with van der Waals surface area (Å²) in [5.41, 5.74) is 4.90. The van der Waals surface area contributed by atoms with Crippen molar-refractivity contribution in [2.24, 2.45) is 0 Å². The summed E-state index contributed by atoms with van der Waals surface area (Å²) in [7, 11) is 1.66. The Morgan fingerprint density at radius 2 is 1.73 bits per heavy atom. The molecule has 1 aromatic heterocycles. The number of benzene rings is 4. The molecule has 1 amide bonds. The predicted octanol–water partition coefficient (Wildman–Crippen LogP) is 7.63. The molecule has 0 bridgehead atoms. The third kappa shape index (κ3) is 6.87. The Kier molecular flexibility index (Phi) is 9.50. The number of carbonyl (C=O) groups excluding carboxylic acids is 1. The van der Waals surface area contributed by atoms with E-state index in [4.69, 9.17) is 31.3 Å². The molecule has 0 aliphatic heterocycles. The van der Waals surface area contributed by atoms with Gasteiger partial charge in [-0.3, -0.25) is 14.3 Å². The van der Waals surface area contributed by atoms with Crippen LogP contribution in [0.2, 0.25) is 5.02 Å². The molecule has 4 aromatic carbocycles. The van der Waals surface area contributed by atoms with Gasteiger partial charge < -0.3 is 19.9 Å². The summed E-state index contributed by atoms with van der Waals surface area (Å²) in [6, 6.07) is 27.0. The monoisotopic (exact) mass is 611 g/mol. The number of carboxylic acids is 1. The number of nitrogens with one attached hydrogen (secondary N) is 1. The number of nitrogens with zero attached hydrogens (tertiary/aromatic N) is 2. The summed E-state index contributed by atoms with van der Waals surface area (Å²) in [5, 5.41) is 19.3. The maximum Gasteiger partial charge on any atom is 0.305 e. The van der Waals surface area contributed by atoms with Gasteiger partial charge in [0.05, 0.1) is 37.6 Å². The van der Waals surface area contributed by atoms with Crippen LogP contribution < -0.4 is 14.8 Å². The highest BCUT2D eigenvalue weighted by atomic mass is 35.5. The minimum Gasteiger partial charge on any atom is -0.497 e. The number of amides is 1. The maximum atomic E-state index is 12.5. The zero-order valence-corrected chi connectivity index (χ0v) is 25.6. The van der Waals surface area contributed by atoms with Gasteiger partial charge in [-0.25, -0.2) is 0 Å². The van der Waals surface area contributed by atoms with Crippen molar-refractivity contribution < 1.29 is 24.2 Å². The zero-order valence-electron chi connectivity index (χ0n) is 24.8. The van der Waals surface area contributed by atoms with Gasteiger partial charge in [-0.15, -0.1) is 0 Å². The number of carboxylic acid groups (broad SMARTS) is 1. The average molecular weight is 612 g/mol. The van der Waals surface area contributed by atoms with Crippen molar-refractivity contribution in [1.29, 1.82) is 0 Å². The SMILES string of the molecule is CCCOc1cc(Cl)ccc1-c1cc(-c2ccc3cc(OC)ccc3c2)n([C@H](C)c2ccc(C(=O)NCCC(=O)O)cc2)n1. The molecule has 5 aromatic rings. The average Bonchev–Trinajstić information content (AvgIpc) is 3.48. The van der Waals surface area contributed by atoms with E-state index >= 15 is 0 Å². The second-order valence-corrected chi connectivity index (χ2v) is 10.9. The number of ether oxygens (including phenoxy) is 2. The van der Waals surface area contributed by atoms with Gasteiger partial charge in [-0.05, 0) is 84.3 Å². The summed E-state index contributed by atoms with van der Waals surface area (Å²) >= 11 is 6.33. The van der Waals surface area contributed by atoms with Crippen molar-refractivity contribution in [1.82, 2.24) is 15.1 Å². The van der Waals surface area contributed by atoms with Crippen LogP contribution in [0.25, 0.3) is 33.3 Å². The van der Waals surface area contributed by atoms with Gasteiger partial charge >= 0.3 is 5.97 Å². The second-order valence-electron chi connectivity index (χ2n) is 10.5. The summed E-state index contributed by atoms with van der Waals surface area (Å²) in [6.07, 6.45) is 0.727. The van der Waals surface area contributed by atoms with Gasteiger partial charge in [0, 0.05) is 28.3 Å². The van der Waals surface area contributed by atoms with Crippen molar-refractivity contribution >= 4 is 34.2 Å². The molecule has 0 saturated heterocycles. The van der Waals surface area contributed by atoms with Crippen molar-refractivity contribution in [3.63, 3.8) is 0 Å².